The highest BCUT2D eigenvalue weighted by molar-refractivity contribution is 7.92. The Morgan fingerprint density at radius 1 is 1.00 bits per heavy atom. The summed E-state index contributed by atoms with van der Waals surface area (Å²) in [7, 11) is -4.12. The minimum absolute atomic E-state index is 0.0234. The Bertz CT molecular complexity index is 1490. The molecular formula is C30H33ClN4O7S. The zero-order chi connectivity index (χ0) is 30.7. The Balaban J connectivity index is 1.34. The molecule has 4 rings (SSSR count). The minimum Gasteiger partial charge on any atom is -0.494 e. The van der Waals surface area contributed by atoms with Crippen molar-refractivity contribution in [2.45, 2.75) is 30.8 Å². The maximum atomic E-state index is 13.5. The Morgan fingerprint density at radius 2 is 1.67 bits per heavy atom. The molecule has 1 aliphatic rings. The second-order valence-electron chi connectivity index (χ2n) is 9.48. The molecule has 0 aliphatic carbocycles. The Morgan fingerprint density at radius 3 is 2.33 bits per heavy atom. The van der Waals surface area contributed by atoms with Crippen LogP contribution in [0.15, 0.2) is 82.8 Å². The number of hydrazone groups is 1. The first-order valence-electron chi connectivity index (χ1n) is 13.7. The third-order valence-electron chi connectivity index (χ3n) is 6.33. The van der Waals surface area contributed by atoms with E-state index in [-0.39, 0.29) is 29.2 Å². The van der Waals surface area contributed by atoms with Crippen LogP contribution in [0.3, 0.4) is 0 Å². The zero-order valence-electron chi connectivity index (χ0n) is 23.6. The molecule has 43 heavy (non-hydrogen) atoms. The number of hydrogen-bond donors (Lipinski definition) is 2. The summed E-state index contributed by atoms with van der Waals surface area (Å²) in [5.41, 5.74) is 3.29. The molecule has 0 aromatic heterocycles. The van der Waals surface area contributed by atoms with Gasteiger partial charge in [0.05, 0.1) is 29.5 Å². The van der Waals surface area contributed by atoms with E-state index in [9.17, 15) is 18.0 Å². The van der Waals surface area contributed by atoms with Crippen LogP contribution in [-0.4, -0.2) is 65.5 Å². The molecule has 1 saturated heterocycles. The van der Waals surface area contributed by atoms with Crippen LogP contribution >= 0.6 is 11.6 Å². The summed E-state index contributed by atoms with van der Waals surface area (Å²) >= 11 is 5.94. The highest BCUT2D eigenvalue weighted by atomic mass is 35.5. The predicted molar refractivity (Wildman–Crippen MR) is 163 cm³/mol. The van der Waals surface area contributed by atoms with Gasteiger partial charge in [0.15, 0.2) is 6.61 Å². The summed E-state index contributed by atoms with van der Waals surface area (Å²) in [5, 5.41) is 7.14. The highest BCUT2D eigenvalue weighted by Crippen LogP contribution is 2.26. The molecule has 0 saturated carbocycles. The van der Waals surface area contributed by atoms with E-state index in [1.54, 1.807) is 48.5 Å². The summed E-state index contributed by atoms with van der Waals surface area (Å²) in [6, 6.07) is 18.8. The molecule has 2 amide bonds. The lowest BCUT2D eigenvalue weighted by Crippen LogP contribution is -2.39. The van der Waals surface area contributed by atoms with Gasteiger partial charge in [-0.05, 0) is 98.1 Å². The van der Waals surface area contributed by atoms with Gasteiger partial charge in [0.1, 0.15) is 18.0 Å². The SMILES string of the molecule is CCOc1ccc(N(CC(=O)N/N=C\c2ccc(OCC(=O)NC[C@H]3CCCO3)cc2)S(=O)(=O)c2ccc(Cl)cc2)cc1. The quantitative estimate of drug-likeness (QED) is 0.205. The van der Waals surface area contributed by atoms with Crippen LogP contribution in [0.4, 0.5) is 5.69 Å². The van der Waals surface area contributed by atoms with Crippen molar-refractivity contribution in [3.63, 3.8) is 0 Å². The summed E-state index contributed by atoms with van der Waals surface area (Å²) in [6.45, 7) is 2.83. The van der Waals surface area contributed by atoms with Gasteiger partial charge < -0.3 is 19.5 Å². The summed E-state index contributed by atoms with van der Waals surface area (Å²) in [6.07, 6.45) is 3.41. The van der Waals surface area contributed by atoms with Crippen molar-refractivity contribution in [3.8, 4) is 11.5 Å². The number of sulfonamides is 1. The Hall–Kier alpha value is -4.13. The van der Waals surface area contributed by atoms with Gasteiger partial charge in [-0.2, -0.15) is 5.10 Å². The Kier molecular flexibility index (Phi) is 11.4. The van der Waals surface area contributed by atoms with Gasteiger partial charge in [-0.3, -0.25) is 13.9 Å². The summed E-state index contributed by atoms with van der Waals surface area (Å²) in [5.74, 6) is 0.169. The van der Waals surface area contributed by atoms with Crippen LogP contribution in [0.1, 0.15) is 25.3 Å². The molecule has 0 radical (unpaired) electrons. The molecule has 1 aliphatic heterocycles. The van der Waals surface area contributed by atoms with Crippen LogP contribution in [0, 0.1) is 0 Å². The molecule has 3 aromatic carbocycles. The van der Waals surface area contributed by atoms with E-state index in [1.807, 2.05) is 6.92 Å². The molecule has 1 heterocycles. The standard InChI is InChI=1S/C30H33ClN4O7S/c1-2-40-25-13-9-24(10-14-25)35(43(38,39)28-15-7-23(31)8-16-28)20-29(36)34-33-18-22-5-11-26(12-6-22)42-21-30(37)32-19-27-4-3-17-41-27/h5-16,18,27H,2-4,17,19-21H2,1H3,(H,32,37)(H,34,36)/b33-18-/t27-/m1/s1. The first kappa shape index (κ1) is 31.8. The van der Waals surface area contributed by atoms with E-state index in [4.69, 9.17) is 25.8 Å². The number of anilines is 1. The maximum absolute atomic E-state index is 13.5. The minimum atomic E-state index is -4.12. The number of benzene rings is 3. The van der Waals surface area contributed by atoms with Crippen LogP contribution in [-0.2, 0) is 24.3 Å². The van der Waals surface area contributed by atoms with Gasteiger partial charge >= 0.3 is 0 Å². The lowest BCUT2D eigenvalue weighted by molar-refractivity contribution is -0.123. The van der Waals surface area contributed by atoms with E-state index in [0.717, 1.165) is 23.8 Å². The number of amides is 2. The summed E-state index contributed by atoms with van der Waals surface area (Å²) < 4.78 is 44.4. The van der Waals surface area contributed by atoms with Crippen molar-refractivity contribution < 1.29 is 32.2 Å². The lowest BCUT2D eigenvalue weighted by atomic mass is 10.2. The number of nitrogens with one attached hydrogen (secondary N) is 2. The fourth-order valence-corrected chi connectivity index (χ4v) is 5.70. The largest absolute Gasteiger partial charge is 0.494 e. The number of hydrogen-bond acceptors (Lipinski definition) is 8. The van der Waals surface area contributed by atoms with Gasteiger partial charge in [-0.25, -0.2) is 13.8 Å². The molecule has 1 atom stereocenters. The van der Waals surface area contributed by atoms with Crippen LogP contribution in [0.25, 0.3) is 0 Å². The fourth-order valence-electron chi connectivity index (χ4n) is 4.15. The van der Waals surface area contributed by atoms with Gasteiger partial charge in [0.25, 0.3) is 21.8 Å². The van der Waals surface area contributed by atoms with Crippen molar-refractivity contribution in [3.05, 3.63) is 83.4 Å². The van der Waals surface area contributed by atoms with Crippen molar-refractivity contribution in [1.29, 1.82) is 0 Å². The van der Waals surface area contributed by atoms with Gasteiger partial charge in [0, 0.05) is 18.2 Å². The highest BCUT2D eigenvalue weighted by Gasteiger charge is 2.27. The number of carbonyl (C=O) groups is 2. The van der Waals surface area contributed by atoms with E-state index in [0.29, 0.717) is 35.2 Å². The normalized spacial score (nSPS) is 14.8. The van der Waals surface area contributed by atoms with E-state index in [1.165, 1.54) is 30.5 Å². The smallest absolute Gasteiger partial charge is 0.264 e. The topological polar surface area (TPSA) is 136 Å². The molecule has 11 nitrogen and oxygen atoms in total. The van der Waals surface area contributed by atoms with E-state index >= 15 is 0 Å². The number of nitrogens with zero attached hydrogens (tertiary/aromatic N) is 2. The predicted octanol–water partition coefficient (Wildman–Crippen LogP) is 3.76. The van der Waals surface area contributed by atoms with E-state index < -0.39 is 22.5 Å². The monoisotopic (exact) mass is 628 g/mol. The average molecular weight is 629 g/mol. The van der Waals surface area contributed by atoms with Gasteiger partial charge in [-0.15, -0.1) is 0 Å². The molecule has 228 valence electrons. The molecule has 1 fully saturated rings. The maximum Gasteiger partial charge on any atom is 0.264 e. The van der Waals surface area contributed by atoms with Crippen LogP contribution in [0.2, 0.25) is 5.02 Å². The fraction of sp³-hybridized carbons (Fsp3) is 0.300. The molecule has 3 aromatic rings. The van der Waals surface area contributed by atoms with Gasteiger partial charge in [-0.1, -0.05) is 11.6 Å². The van der Waals surface area contributed by atoms with Crippen molar-refractivity contribution in [2.75, 3.05) is 37.2 Å². The molecular weight excluding hydrogens is 596 g/mol. The Labute approximate surface area is 255 Å². The van der Waals surface area contributed by atoms with Crippen molar-refractivity contribution in [1.82, 2.24) is 10.7 Å². The molecule has 0 unspecified atom stereocenters. The second kappa shape index (κ2) is 15.4. The lowest BCUT2D eigenvalue weighted by Gasteiger charge is -2.24. The number of halogens is 1. The number of carbonyl (C=O) groups excluding carboxylic acids is 2. The first-order chi connectivity index (χ1) is 20.7. The average Bonchev–Trinajstić information content (AvgIpc) is 3.53. The third kappa shape index (κ3) is 9.43. The molecule has 13 heteroatoms. The van der Waals surface area contributed by atoms with Crippen molar-refractivity contribution >= 4 is 45.3 Å². The summed E-state index contributed by atoms with van der Waals surface area (Å²) in [4.78, 5) is 24.8. The first-order valence-corrected chi connectivity index (χ1v) is 15.5. The van der Waals surface area contributed by atoms with Crippen LogP contribution in [0.5, 0.6) is 11.5 Å². The number of ether oxygens (including phenoxy) is 3. The van der Waals surface area contributed by atoms with E-state index in [2.05, 4.69) is 15.8 Å². The van der Waals surface area contributed by atoms with Crippen LogP contribution < -0.4 is 24.5 Å². The van der Waals surface area contributed by atoms with Gasteiger partial charge in [0.2, 0.25) is 0 Å². The zero-order valence-corrected chi connectivity index (χ0v) is 25.1. The number of rotatable bonds is 14. The van der Waals surface area contributed by atoms with Crippen molar-refractivity contribution in [2.24, 2.45) is 5.10 Å². The second-order valence-corrected chi connectivity index (χ2v) is 11.8. The molecule has 0 spiro atoms. The molecule has 0 bridgehead atoms. The molecule has 2 N–H and O–H groups in total. The third-order valence-corrected chi connectivity index (χ3v) is 8.37.